The van der Waals surface area contributed by atoms with E-state index in [0.29, 0.717) is 19.6 Å². The smallest absolute Gasteiger partial charge is 0.317 e. The molecule has 0 spiro atoms. The number of nitrogens with one attached hydrogen (secondary N) is 2. The Labute approximate surface area is 164 Å². The van der Waals surface area contributed by atoms with Crippen molar-refractivity contribution in [1.82, 2.24) is 15.5 Å². The van der Waals surface area contributed by atoms with Gasteiger partial charge in [-0.05, 0) is 37.1 Å². The number of likely N-dealkylation sites (tertiary alicyclic amines) is 1. The maximum atomic E-state index is 13.0. The molecule has 3 amide bonds. The first-order chi connectivity index (χ1) is 13.4. The normalized spacial score (nSPS) is 18.9. The monoisotopic (exact) mass is 383 g/mol. The molecule has 28 heavy (non-hydrogen) atoms. The molecule has 2 atom stereocenters. The molecule has 0 saturated carbocycles. The van der Waals surface area contributed by atoms with Gasteiger partial charge in [-0.15, -0.1) is 0 Å². The molecule has 1 heterocycles. The van der Waals surface area contributed by atoms with E-state index in [1.165, 1.54) is 12.1 Å². The third-order valence-electron chi connectivity index (χ3n) is 4.96. The number of rotatable bonds is 5. The predicted molar refractivity (Wildman–Crippen MR) is 106 cm³/mol. The summed E-state index contributed by atoms with van der Waals surface area (Å²) in [6, 6.07) is 15.8. The summed E-state index contributed by atoms with van der Waals surface area (Å²) in [7, 11) is 0. The van der Waals surface area contributed by atoms with E-state index >= 15 is 0 Å². The third-order valence-corrected chi connectivity index (χ3v) is 4.96. The zero-order chi connectivity index (χ0) is 20.1. The molecule has 148 valence electrons. The summed E-state index contributed by atoms with van der Waals surface area (Å²) < 4.78 is 13.0. The number of halogens is 1. The largest absolute Gasteiger partial charge is 0.352 e. The molecule has 2 unspecified atom stereocenters. The van der Waals surface area contributed by atoms with Gasteiger partial charge < -0.3 is 15.5 Å². The van der Waals surface area contributed by atoms with Crippen molar-refractivity contribution in [3.63, 3.8) is 0 Å². The van der Waals surface area contributed by atoms with Crippen molar-refractivity contribution in [2.24, 2.45) is 5.92 Å². The first kappa shape index (κ1) is 19.9. The minimum Gasteiger partial charge on any atom is -0.352 e. The van der Waals surface area contributed by atoms with Crippen LogP contribution in [0.5, 0.6) is 0 Å². The second-order valence-electron chi connectivity index (χ2n) is 7.48. The topological polar surface area (TPSA) is 61.4 Å². The zero-order valence-electron chi connectivity index (χ0n) is 16.2. The summed E-state index contributed by atoms with van der Waals surface area (Å²) in [5.74, 6) is -0.798. The fourth-order valence-electron chi connectivity index (χ4n) is 3.53. The standard InChI is InChI=1S/C22H26FN3O2/c1-15(2)25-22(28)26-13-19(17-6-4-3-5-7-17)20(14-26)21(27)24-12-16-8-10-18(23)11-9-16/h3-11,15,19-20H,12-14H2,1-2H3,(H,24,27)(H,25,28). The van der Waals surface area contributed by atoms with Gasteiger partial charge >= 0.3 is 6.03 Å². The van der Waals surface area contributed by atoms with Crippen molar-refractivity contribution in [1.29, 1.82) is 0 Å². The lowest BCUT2D eigenvalue weighted by Gasteiger charge is -2.19. The van der Waals surface area contributed by atoms with Gasteiger partial charge in [0.05, 0.1) is 5.92 Å². The fourth-order valence-corrected chi connectivity index (χ4v) is 3.53. The van der Waals surface area contributed by atoms with E-state index in [1.807, 2.05) is 44.2 Å². The van der Waals surface area contributed by atoms with Gasteiger partial charge in [-0.1, -0.05) is 42.5 Å². The summed E-state index contributed by atoms with van der Waals surface area (Å²) in [5, 5.41) is 5.84. The molecule has 2 N–H and O–H groups in total. The van der Waals surface area contributed by atoms with Gasteiger partial charge in [0.25, 0.3) is 0 Å². The number of hydrogen-bond donors (Lipinski definition) is 2. The highest BCUT2D eigenvalue weighted by atomic mass is 19.1. The Balaban J connectivity index is 1.72. The fraction of sp³-hybridized carbons (Fsp3) is 0.364. The average Bonchev–Trinajstić information content (AvgIpc) is 3.13. The molecular weight excluding hydrogens is 357 g/mol. The van der Waals surface area contributed by atoms with Crippen molar-refractivity contribution >= 4 is 11.9 Å². The summed E-state index contributed by atoms with van der Waals surface area (Å²) in [6.45, 7) is 5.02. The van der Waals surface area contributed by atoms with Crippen LogP contribution in [0.15, 0.2) is 54.6 Å². The second-order valence-corrected chi connectivity index (χ2v) is 7.48. The number of benzene rings is 2. The van der Waals surface area contributed by atoms with E-state index in [9.17, 15) is 14.0 Å². The van der Waals surface area contributed by atoms with Crippen LogP contribution in [0.2, 0.25) is 0 Å². The van der Waals surface area contributed by atoms with Crippen LogP contribution in [0.4, 0.5) is 9.18 Å². The quantitative estimate of drug-likeness (QED) is 0.832. The molecule has 1 aliphatic heterocycles. The maximum Gasteiger partial charge on any atom is 0.317 e. The molecule has 2 aromatic rings. The summed E-state index contributed by atoms with van der Waals surface area (Å²) in [5.41, 5.74) is 1.88. The Kier molecular flexibility index (Phi) is 6.29. The molecule has 0 bridgehead atoms. The SMILES string of the molecule is CC(C)NC(=O)N1CC(C(=O)NCc2ccc(F)cc2)C(c2ccccc2)C1. The van der Waals surface area contributed by atoms with Gasteiger partial charge in [-0.2, -0.15) is 0 Å². The van der Waals surface area contributed by atoms with Crippen molar-refractivity contribution in [3.05, 3.63) is 71.5 Å². The van der Waals surface area contributed by atoms with Gasteiger partial charge in [0, 0.05) is 31.6 Å². The third kappa shape index (κ3) is 4.88. The minimum absolute atomic E-state index is 0.0361. The lowest BCUT2D eigenvalue weighted by Crippen LogP contribution is -2.42. The number of amides is 3. The van der Waals surface area contributed by atoms with Crippen molar-refractivity contribution in [3.8, 4) is 0 Å². The molecule has 0 aromatic heterocycles. The first-order valence-electron chi connectivity index (χ1n) is 9.56. The number of carbonyl (C=O) groups is 2. The van der Waals surface area contributed by atoms with Crippen LogP contribution in [0.1, 0.15) is 30.9 Å². The van der Waals surface area contributed by atoms with E-state index in [4.69, 9.17) is 0 Å². The van der Waals surface area contributed by atoms with Crippen molar-refractivity contribution in [2.45, 2.75) is 32.4 Å². The highest BCUT2D eigenvalue weighted by Gasteiger charge is 2.40. The zero-order valence-corrected chi connectivity index (χ0v) is 16.2. The Morgan fingerprint density at radius 3 is 2.39 bits per heavy atom. The lowest BCUT2D eigenvalue weighted by atomic mass is 9.88. The van der Waals surface area contributed by atoms with Gasteiger partial charge in [0.15, 0.2) is 0 Å². The number of urea groups is 1. The molecule has 6 heteroatoms. The van der Waals surface area contributed by atoms with E-state index in [2.05, 4.69) is 10.6 Å². The van der Waals surface area contributed by atoms with Crippen LogP contribution >= 0.6 is 0 Å². The van der Waals surface area contributed by atoms with Crippen LogP contribution in [0.25, 0.3) is 0 Å². The van der Waals surface area contributed by atoms with Crippen molar-refractivity contribution < 1.29 is 14.0 Å². The molecule has 1 saturated heterocycles. The molecule has 0 aliphatic carbocycles. The molecule has 3 rings (SSSR count). The van der Waals surface area contributed by atoms with E-state index in [-0.39, 0.29) is 35.6 Å². The number of carbonyl (C=O) groups excluding carboxylic acids is 2. The van der Waals surface area contributed by atoms with E-state index in [0.717, 1.165) is 11.1 Å². The Bertz CT molecular complexity index is 808. The molecular formula is C22H26FN3O2. The lowest BCUT2D eigenvalue weighted by molar-refractivity contribution is -0.125. The molecule has 1 aliphatic rings. The molecule has 5 nitrogen and oxygen atoms in total. The molecule has 1 fully saturated rings. The van der Waals surface area contributed by atoms with Gasteiger partial charge in [-0.25, -0.2) is 9.18 Å². The Hall–Kier alpha value is -2.89. The first-order valence-corrected chi connectivity index (χ1v) is 9.56. The van der Waals surface area contributed by atoms with Gasteiger partial charge in [0.2, 0.25) is 5.91 Å². The van der Waals surface area contributed by atoms with E-state index in [1.54, 1.807) is 17.0 Å². The highest BCUT2D eigenvalue weighted by Crippen LogP contribution is 2.33. The van der Waals surface area contributed by atoms with Crippen LogP contribution in [0, 0.1) is 11.7 Å². The average molecular weight is 383 g/mol. The molecule has 2 aromatic carbocycles. The van der Waals surface area contributed by atoms with E-state index < -0.39 is 0 Å². The Morgan fingerprint density at radius 1 is 1.07 bits per heavy atom. The summed E-state index contributed by atoms with van der Waals surface area (Å²) in [6.07, 6.45) is 0. The minimum atomic E-state index is -0.333. The van der Waals surface area contributed by atoms with Crippen LogP contribution in [0.3, 0.4) is 0 Å². The number of nitrogens with zero attached hydrogens (tertiary/aromatic N) is 1. The van der Waals surface area contributed by atoms with Crippen LogP contribution < -0.4 is 10.6 Å². The summed E-state index contributed by atoms with van der Waals surface area (Å²) in [4.78, 5) is 27.1. The predicted octanol–water partition coefficient (Wildman–Crippen LogP) is 3.28. The van der Waals surface area contributed by atoms with Gasteiger partial charge in [-0.3, -0.25) is 4.79 Å². The van der Waals surface area contributed by atoms with Crippen LogP contribution in [-0.4, -0.2) is 36.0 Å². The second kappa shape index (κ2) is 8.87. The van der Waals surface area contributed by atoms with Gasteiger partial charge in [0.1, 0.15) is 5.82 Å². The van der Waals surface area contributed by atoms with Crippen molar-refractivity contribution in [2.75, 3.05) is 13.1 Å². The Morgan fingerprint density at radius 2 is 1.75 bits per heavy atom. The number of hydrogen-bond acceptors (Lipinski definition) is 2. The maximum absolute atomic E-state index is 13.0. The highest BCUT2D eigenvalue weighted by molar-refractivity contribution is 5.83. The van der Waals surface area contributed by atoms with Crippen LogP contribution in [-0.2, 0) is 11.3 Å². The molecule has 0 radical (unpaired) electrons. The summed E-state index contributed by atoms with van der Waals surface area (Å²) >= 11 is 0.